The second-order valence-electron chi connectivity index (χ2n) is 6.43. The molecule has 1 saturated heterocycles. The third-order valence-corrected chi connectivity index (χ3v) is 5.42. The minimum Gasteiger partial charge on any atom is -0.493 e. The summed E-state index contributed by atoms with van der Waals surface area (Å²) in [6.45, 7) is 2.96. The van der Waals surface area contributed by atoms with Crippen LogP contribution in [0.4, 0.5) is 0 Å². The van der Waals surface area contributed by atoms with Crippen molar-refractivity contribution in [1.82, 2.24) is 5.32 Å². The van der Waals surface area contributed by atoms with Crippen LogP contribution in [-0.4, -0.2) is 30.6 Å². The summed E-state index contributed by atoms with van der Waals surface area (Å²) in [5, 5.41) is 2.99. The Morgan fingerprint density at radius 1 is 1.21 bits per heavy atom. The number of nitrogens with one attached hydrogen (secondary N) is 1. The van der Waals surface area contributed by atoms with Gasteiger partial charge in [-0.05, 0) is 35.9 Å². The lowest BCUT2D eigenvalue weighted by atomic mass is 10.1. The maximum absolute atomic E-state index is 11.8. The average Bonchev–Trinajstić information content (AvgIpc) is 3.02. The van der Waals surface area contributed by atoms with Gasteiger partial charge in [-0.15, -0.1) is 0 Å². The maximum atomic E-state index is 11.8. The largest absolute Gasteiger partial charge is 0.493 e. The maximum Gasteiger partial charge on any atom is 0.263 e. The van der Waals surface area contributed by atoms with Gasteiger partial charge in [0.05, 0.1) is 30.3 Å². The lowest BCUT2D eigenvalue weighted by molar-refractivity contribution is -0.115. The number of para-hydroxylation sites is 1. The number of thiocarbonyl (C=S) groups is 1. The van der Waals surface area contributed by atoms with Crippen LogP contribution in [0.1, 0.15) is 12.5 Å². The van der Waals surface area contributed by atoms with Crippen molar-refractivity contribution in [3.05, 3.63) is 58.0 Å². The van der Waals surface area contributed by atoms with E-state index < -0.39 is 0 Å². The summed E-state index contributed by atoms with van der Waals surface area (Å²) in [5.41, 5.74) is 0.724. The molecule has 3 rings (SSSR count). The summed E-state index contributed by atoms with van der Waals surface area (Å²) in [5.74, 6) is 1.69. The standard InChI is InChI=1S/C21H20ClNO4S2/c1-13(11-26-15-6-4-3-5-7-15)12-27-19-16(22)8-14(9-17(19)25-2)10-18-20(24)23-21(28)29-18/h3-10,13H,11-12H2,1-2H3,(H,23,24,28). The molecule has 2 aromatic rings. The number of halogens is 1. The van der Waals surface area contributed by atoms with Crippen molar-refractivity contribution in [3.8, 4) is 17.2 Å². The summed E-state index contributed by atoms with van der Waals surface area (Å²) in [4.78, 5) is 12.4. The van der Waals surface area contributed by atoms with E-state index in [0.29, 0.717) is 39.0 Å². The summed E-state index contributed by atoms with van der Waals surface area (Å²) in [7, 11) is 1.55. The van der Waals surface area contributed by atoms with Crippen LogP contribution in [0.5, 0.6) is 17.2 Å². The Morgan fingerprint density at radius 2 is 1.93 bits per heavy atom. The lowest BCUT2D eigenvalue weighted by Crippen LogP contribution is -2.17. The Kier molecular flexibility index (Phi) is 7.41. The highest BCUT2D eigenvalue weighted by Crippen LogP contribution is 2.38. The number of hydrogen-bond donors (Lipinski definition) is 1. The van der Waals surface area contributed by atoms with Crippen molar-refractivity contribution < 1.29 is 19.0 Å². The molecule has 0 saturated carbocycles. The summed E-state index contributed by atoms with van der Waals surface area (Å²) in [6, 6.07) is 13.1. The minimum atomic E-state index is -0.220. The Hall–Kier alpha value is -2.22. The first-order valence-corrected chi connectivity index (χ1v) is 10.5. The van der Waals surface area contributed by atoms with Crippen LogP contribution in [-0.2, 0) is 4.79 Å². The summed E-state index contributed by atoms with van der Waals surface area (Å²) < 4.78 is 17.5. The molecule has 8 heteroatoms. The zero-order valence-corrected chi connectivity index (χ0v) is 18.3. The van der Waals surface area contributed by atoms with Crippen molar-refractivity contribution in [2.75, 3.05) is 20.3 Å². The van der Waals surface area contributed by atoms with E-state index >= 15 is 0 Å². The fourth-order valence-electron chi connectivity index (χ4n) is 2.56. The number of carbonyl (C=O) groups is 1. The van der Waals surface area contributed by atoms with Gasteiger partial charge in [-0.1, -0.05) is 60.7 Å². The van der Waals surface area contributed by atoms with Gasteiger partial charge in [0.2, 0.25) is 0 Å². The van der Waals surface area contributed by atoms with Crippen LogP contribution >= 0.6 is 35.6 Å². The van der Waals surface area contributed by atoms with E-state index in [2.05, 4.69) is 5.32 Å². The van der Waals surface area contributed by atoms with E-state index in [1.54, 1.807) is 25.3 Å². The molecule has 1 atom stereocenters. The quantitative estimate of drug-likeness (QED) is 0.455. The third-order valence-electron chi connectivity index (χ3n) is 3.98. The van der Waals surface area contributed by atoms with Crippen LogP contribution in [0.15, 0.2) is 47.4 Å². The molecule has 0 spiro atoms. The van der Waals surface area contributed by atoms with Crippen LogP contribution < -0.4 is 19.5 Å². The van der Waals surface area contributed by atoms with E-state index in [1.165, 1.54) is 11.8 Å². The number of rotatable bonds is 8. The zero-order chi connectivity index (χ0) is 20.8. The Labute approximate surface area is 184 Å². The first kappa shape index (κ1) is 21.5. The predicted molar refractivity (Wildman–Crippen MR) is 121 cm³/mol. The molecule has 0 radical (unpaired) electrons. The van der Waals surface area contributed by atoms with Crippen LogP contribution in [0, 0.1) is 5.92 Å². The summed E-state index contributed by atoms with van der Waals surface area (Å²) >= 11 is 12.6. The van der Waals surface area contributed by atoms with Crippen LogP contribution in [0.3, 0.4) is 0 Å². The second kappa shape index (κ2) is 10.0. The normalized spacial score (nSPS) is 15.9. The number of benzene rings is 2. The van der Waals surface area contributed by atoms with E-state index in [0.717, 1.165) is 11.3 Å². The predicted octanol–water partition coefficient (Wildman–Crippen LogP) is 4.93. The molecule has 2 aromatic carbocycles. The summed E-state index contributed by atoms with van der Waals surface area (Å²) in [6.07, 6.45) is 1.72. The molecule has 1 unspecified atom stereocenters. The number of methoxy groups -OCH3 is 1. The number of ether oxygens (including phenoxy) is 3. The van der Waals surface area contributed by atoms with Crippen molar-refractivity contribution in [1.29, 1.82) is 0 Å². The van der Waals surface area contributed by atoms with E-state index in [4.69, 9.17) is 38.0 Å². The van der Waals surface area contributed by atoms with E-state index in [9.17, 15) is 4.79 Å². The van der Waals surface area contributed by atoms with E-state index in [1.807, 2.05) is 37.3 Å². The number of thioether (sulfide) groups is 1. The molecule has 29 heavy (non-hydrogen) atoms. The molecular weight excluding hydrogens is 430 g/mol. The molecule has 0 bridgehead atoms. The molecule has 0 aromatic heterocycles. The van der Waals surface area contributed by atoms with Gasteiger partial charge in [0, 0.05) is 5.92 Å². The molecular formula is C21H20ClNO4S2. The van der Waals surface area contributed by atoms with Crippen molar-refractivity contribution >= 4 is 51.9 Å². The van der Waals surface area contributed by atoms with Crippen molar-refractivity contribution in [2.45, 2.75) is 6.92 Å². The van der Waals surface area contributed by atoms with Crippen molar-refractivity contribution in [3.63, 3.8) is 0 Å². The van der Waals surface area contributed by atoms with Gasteiger partial charge in [0.1, 0.15) is 10.1 Å². The molecule has 1 amide bonds. The van der Waals surface area contributed by atoms with Gasteiger partial charge in [0.25, 0.3) is 5.91 Å². The Bertz CT molecular complexity index is 934. The lowest BCUT2D eigenvalue weighted by Gasteiger charge is -2.17. The average molecular weight is 450 g/mol. The number of amides is 1. The Morgan fingerprint density at radius 3 is 2.59 bits per heavy atom. The Balaban J connectivity index is 1.65. The highest BCUT2D eigenvalue weighted by atomic mass is 35.5. The highest BCUT2D eigenvalue weighted by molar-refractivity contribution is 8.26. The first-order chi connectivity index (χ1) is 14.0. The SMILES string of the molecule is COc1cc(C=C2SC(=S)NC2=O)cc(Cl)c1OCC(C)COc1ccccc1. The molecule has 152 valence electrons. The van der Waals surface area contributed by atoms with Crippen LogP contribution in [0.25, 0.3) is 6.08 Å². The van der Waals surface area contributed by atoms with Gasteiger partial charge in [-0.25, -0.2) is 0 Å². The van der Waals surface area contributed by atoms with Crippen molar-refractivity contribution in [2.24, 2.45) is 5.92 Å². The number of hydrogen-bond acceptors (Lipinski definition) is 6. The minimum absolute atomic E-state index is 0.136. The molecule has 1 aliphatic heterocycles. The van der Waals surface area contributed by atoms with E-state index in [-0.39, 0.29) is 11.8 Å². The van der Waals surface area contributed by atoms with Gasteiger partial charge in [-0.2, -0.15) is 0 Å². The number of carbonyl (C=O) groups excluding carboxylic acids is 1. The van der Waals surface area contributed by atoms with Gasteiger partial charge >= 0.3 is 0 Å². The molecule has 1 fully saturated rings. The first-order valence-electron chi connectivity index (χ1n) is 8.89. The molecule has 1 aliphatic rings. The topological polar surface area (TPSA) is 56.8 Å². The monoisotopic (exact) mass is 449 g/mol. The molecule has 1 N–H and O–H groups in total. The molecule has 0 aliphatic carbocycles. The highest BCUT2D eigenvalue weighted by Gasteiger charge is 2.22. The molecule has 1 heterocycles. The van der Waals surface area contributed by atoms with Gasteiger partial charge in [-0.3, -0.25) is 4.79 Å². The van der Waals surface area contributed by atoms with Gasteiger partial charge < -0.3 is 19.5 Å². The fraction of sp³-hybridized carbons (Fsp3) is 0.238. The molecule has 5 nitrogen and oxygen atoms in total. The fourth-order valence-corrected chi connectivity index (χ4v) is 3.88. The second-order valence-corrected chi connectivity index (χ2v) is 8.55. The van der Waals surface area contributed by atoms with Crippen LogP contribution in [0.2, 0.25) is 5.02 Å². The smallest absolute Gasteiger partial charge is 0.263 e. The third kappa shape index (κ3) is 5.88. The zero-order valence-electron chi connectivity index (χ0n) is 15.9. The van der Waals surface area contributed by atoms with Gasteiger partial charge in [0.15, 0.2) is 11.5 Å².